The maximum absolute atomic E-state index is 13.6. The maximum atomic E-state index is 13.6. The van der Waals surface area contributed by atoms with Crippen LogP contribution in [-0.4, -0.2) is 68.1 Å². The number of carbonyl (C=O) groups excluding carboxylic acids is 4. The van der Waals surface area contributed by atoms with Gasteiger partial charge in [0.2, 0.25) is 0 Å². The molecular formula is C46H70N4O6. The third-order valence-electron chi connectivity index (χ3n) is 11.6. The van der Waals surface area contributed by atoms with Gasteiger partial charge in [0, 0.05) is 13.1 Å². The molecule has 2 fully saturated rings. The fourth-order valence-corrected chi connectivity index (χ4v) is 7.89. The van der Waals surface area contributed by atoms with Gasteiger partial charge in [-0.05, 0) is 107 Å². The number of nitrogens with zero attached hydrogens (tertiary/aromatic N) is 2. The van der Waals surface area contributed by atoms with Crippen LogP contribution in [0.5, 0.6) is 11.5 Å². The molecule has 10 heteroatoms. The lowest BCUT2D eigenvalue weighted by Crippen LogP contribution is -2.44. The second-order valence-corrected chi connectivity index (χ2v) is 20.9. The number of aromatic hydroxyl groups is 2. The highest BCUT2D eigenvalue weighted by Crippen LogP contribution is 2.42. The van der Waals surface area contributed by atoms with Gasteiger partial charge in [-0.15, -0.1) is 0 Å². The van der Waals surface area contributed by atoms with Gasteiger partial charge in [0.15, 0.2) is 0 Å². The van der Waals surface area contributed by atoms with Gasteiger partial charge in [-0.3, -0.25) is 19.4 Å². The quantitative estimate of drug-likeness (QED) is 0.118. The summed E-state index contributed by atoms with van der Waals surface area (Å²) in [5, 5.41) is 28.1. The number of hydrogen-bond donors (Lipinski definition) is 4. The van der Waals surface area contributed by atoms with E-state index in [0.717, 1.165) is 46.2 Å². The first-order valence-electron chi connectivity index (χ1n) is 20.5. The molecular weight excluding hydrogens is 705 g/mol. The molecule has 0 spiro atoms. The predicted octanol–water partition coefficient (Wildman–Crippen LogP) is 9.03. The van der Waals surface area contributed by atoms with Gasteiger partial charge in [0.05, 0.1) is 0 Å². The van der Waals surface area contributed by atoms with Crippen molar-refractivity contribution in [1.82, 2.24) is 20.4 Å². The van der Waals surface area contributed by atoms with E-state index in [9.17, 15) is 29.4 Å². The van der Waals surface area contributed by atoms with E-state index in [0.29, 0.717) is 63.1 Å². The van der Waals surface area contributed by atoms with Crippen molar-refractivity contribution in [2.45, 2.75) is 181 Å². The molecule has 0 bridgehead atoms. The van der Waals surface area contributed by atoms with E-state index in [-0.39, 0.29) is 45.5 Å². The van der Waals surface area contributed by atoms with E-state index in [4.69, 9.17) is 0 Å². The Bertz CT molecular complexity index is 1640. The lowest BCUT2D eigenvalue weighted by Gasteiger charge is -2.29. The number of benzene rings is 2. The Labute approximate surface area is 336 Å². The average Bonchev–Trinajstić information content (AvgIpc) is 3.40. The highest BCUT2D eigenvalue weighted by molar-refractivity contribution is 6.07. The molecule has 0 radical (unpaired) electrons. The molecule has 2 atom stereocenters. The van der Waals surface area contributed by atoms with Crippen LogP contribution in [-0.2, 0) is 44.1 Å². The number of unbranched alkanes of at least 4 members (excludes halogenated alkanes) is 3. The van der Waals surface area contributed by atoms with Gasteiger partial charge in [0.1, 0.15) is 22.6 Å². The average molecular weight is 775 g/mol. The van der Waals surface area contributed by atoms with E-state index in [1.54, 1.807) is 13.8 Å². The van der Waals surface area contributed by atoms with Gasteiger partial charge in [-0.1, -0.05) is 120 Å². The molecule has 6 amide bonds. The SMILES string of the molecule is CC1(CCc2cc(C(C)(C)C)c(O)c(C(C)(C)C)c2)NC(=O)N(CCCCCCN2C(=O)NC(C)(CCc3cc(C(C)(C)C)c(O)c(C(C)(C)C)c3)C2=O)C1=O. The molecule has 2 aromatic carbocycles. The van der Waals surface area contributed by atoms with Gasteiger partial charge >= 0.3 is 12.1 Å². The van der Waals surface area contributed by atoms with Crippen LogP contribution in [0.15, 0.2) is 24.3 Å². The molecule has 0 saturated carbocycles. The fourth-order valence-electron chi connectivity index (χ4n) is 7.89. The summed E-state index contributed by atoms with van der Waals surface area (Å²) in [6.45, 7) is 29.0. The summed E-state index contributed by atoms with van der Waals surface area (Å²) in [4.78, 5) is 55.8. The molecule has 0 aromatic heterocycles. The minimum Gasteiger partial charge on any atom is -0.507 e. The van der Waals surface area contributed by atoms with Crippen molar-refractivity contribution < 1.29 is 29.4 Å². The Hall–Kier alpha value is -4.08. The van der Waals surface area contributed by atoms with Crippen molar-refractivity contribution in [2.75, 3.05) is 13.1 Å². The monoisotopic (exact) mass is 775 g/mol. The summed E-state index contributed by atoms with van der Waals surface area (Å²) in [6.07, 6.45) is 4.71. The lowest BCUT2D eigenvalue weighted by atomic mass is 9.77. The molecule has 4 rings (SSSR count). The lowest BCUT2D eigenvalue weighted by molar-refractivity contribution is -0.131. The second-order valence-electron chi connectivity index (χ2n) is 20.9. The molecule has 2 heterocycles. The van der Waals surface area contributed by atoms with Crippen molar-refractivity contribution in [2.24, 2.45) is 0 Å². The number of hydrogen-bond acceptors (Lipinski definition) is 6. The van der Waals surface area contributed by atoms with E-state index in [1.807, 2.05) is 24.3 Å². The number of carbonyl (C=O) groups is 4. The van der Waals surface area contributed by atoms with Crippen LogP contribution in [0.2, 0.25) is 0 Å². The van der Waals surface area contributed by atoms with Gasteiger partial charge in [-0.25, -0.2) is 9.59 Å². The third-order valence-corrected chi connectivity index (χ3v) is 11.6. The molecule has 10 nitrogen and oxygen atoms in total. The van der Waals surface area contributed by atoms with E-state index in [2.05, 4.69) is 93.7 Å². The summed E-state index contributed by atoms with van der Waals surface area (Å²) in [6, 6.07) is 7.32. The van der Waals surface area contributed by atoms with Gasteiger partial charge < -0.3 is 20.8 Å². The number of phenols is 2. The molecule has 2 aromatic rings. The Morgan fingerprint density at radius 2 is 0.768 bits per heavy atom. The number of phenolic OH excluding ortho intramolecular Hbond substituents is 2. The Balaban J connectivity index is 1.28. The molecule has 2 saturated heterocycles. The first-order valence-corrected chi connectivity index (χ1v) is 20.5. The smallest absolute Gasteiger partial charge is 0.325 e. The number of urea groups is 2. The van der Waals surface area contributed by atoms with Crippen LogP contribution in [0.3, 0.4) is 0 Å². The largest absolute Gasteiger partial charge is 0.507 e. The number of aryl methyl sites for hydroxylation is 2. The van der Waals surface area contributed by atoms with E-state index < -0.39 is 11.1 Å². The summed E-state index contributed by atoms with van der Waals surface area (Å²) in [5.74, 6) is 0.167. The second kappa shape index (κ2) is 15.7. The van der Waals surface area contributed by atoms with Crippen molar-refractivity contribution in [3.8, 4) is 11.5 Å². The topological polar surface area (TPSA) is 139 Å². The highest BCUT2D eigenvalue weighted by atomic mass is 16.3. The zero-order valence-electron chi connectivity index (χ0n) is 36.8. The molecule has 2 aliphatic rings. The molecule has 56 heavy (non-hydrogen) atoms. The predicted molar refractivity (Wildman–Crippen MR) is 223 cm³/mol. The Morgan fingerprint density at radius 1 is 0.500 bits per heavy atom. The highest BCUT2D eigenvalue weighted by Gasteiger charge is 2.48. The van der Waals surface area contributed by atoms with Gasteiger partial charge in [0.25, 0.3) is 11.8 Å². The summed E-state index contributed by atoms with van der Waals surface area (Å²) >= 11 is 0. The summed E-state index contributed by atoms with van der Waals surface area (Å²) in [7, 11) is 0. The molecule has 310 valence electrons. The maximum Gasteiger partial charge on any atom is 0.325 e. The van der Waals surface area contributed by atoms with Crippen molar-refractivity contribution in [1.29, 1.82) is 0 Å². The zero-order valence-corrected chi connectivity index (χ0v) is 36.8. The van der Waals surface area contributed by atoms with Crippen LogP contribution in [0.4, 0.5) is 9.59 Å². The van der Waals surface area contributed by atoms with Crippen LogP contribution < -0.4 is 10.6 Å². The minimum atomic E-state index is -1.03. The normalized spacial score (nSPS) is 21.0. The summed E-state index contributed by atoms with van der Waals surface area (Å²) < 4.78 is 0. The van der Waals surface area contributed by atoms with Crippen molar-refractivity contribution in [3.05, 3.63) is 57.6 Å². The van der Waals surface area contributed by atoms with Gasteiger partial charge in [-0.2, -0.15) is 0 Å². The van der Waals surface area contributed by atoms with Crippen LogP contribution in [0.25, 0.3) is 0 Å². The zero-order chi connectivity index (χ0) is 42.4. The van der Waals surface area contributed by atoms with E-state index >= 15 is 0 Å². The first kappa shape index (κ1) is 44.6. The fraction of sp³-hybridized carbons (Fsp3) is 0.652. The van der Waals surface area contributed by atoms with Crippen LogP contribution in [0, 0.1) is 0 Å². The molecule has 2 aliphatic heterocycles. The van der Waals surface area contributed by atoms with Crippen molar-refractivity contribution in [3.63, 3.8) is 0 Å². The number of rotatable bonds is 13. The Kier molecular flexibility index (Phi) is 12.5. The standard InChI is InChI=1S/C46H70N4O6/c1-41(2,3)31-25-29(26-32(35(31)51)42(4,5)6)19-21-45(13)37(53)49(39(55)47-45)23-17-15-16-18-24-50-38(54)46(14,48-40(50)56)22-20-30-27-33(43(7,8)9)36(52)34(28-30)44(10,11)12/h25-28,51-52H,15-24H2,1-14H3,(H,47,55)(H,48,56). The molecule has 0 aliphatic carbocycles. The summed E-state index contributed by atoms with van der Waals surface area (Å²) in [5.41, 5.74) is 2.40. The van der Waals surface area contributed by atoms with Crippen molar-refractivity contribution >= 4 is 23.9 Å². The number of amides is 6. The van der Waals surface area contributed by atoms with Crippen LogP contribution in [0.1, 0.15) is 169 Å². The Morgan fingerprint density at radius 3 is 1.02 bits per heavy atom. The first-order chi connectivity index (χ1) is 25.5. The molecule has 4 N–H and O–H groups in total. The number of imide groups is 2. The van der Waals surface area contributed by atoms with Crippen LogP contribution >= 0.6 is 0 Å². The minimum absolute atomic E-state index is 0.233. The number of nitrogens with one attached hydrogen (secondary N) is 2. The van der Waals surface area contributed by atoms with E-state index in [1.165, 1.54) is 9.80 Å². The third kappa shape index (κ3) is 9.71. The molecule has 2 unspecified atom stereocenters.